The van der Waals surface area contributed by atoms with Gasteiger partial charge in [0, 0.05) is 16.8 Å². The van der Waals surface area contributed by atoms with Gasteiger partial charge < -0.3 is 5.73 Å². The van der Waals surface area contributed by atoms with Crippen LogP contribution in [-0.2, 0) is 10.8 Å². The Hall–Kier alpha value is -0.0900. The van der Waals surface area contributed by atoms with Crippen molar-refractivity contribution in [3.63, 3.8) is 0 Å². The molecule has 0 fully saturated rings. The molecule has 0 radical (unpaired) electrons. The average Bonchev–Trinajstić information content (AvgIpc) is 2.21. The molecular formula is C11H15Cl2NOS. The molecule has 16 heavy (non-hydrogen) atoms. The predicted molar refractivity (Wildman–Crippen MR) is 70.6 cm³/mol. The van der Waals surface area contributed by atoms with Gasteiger partial charge in [-0.3, -0.25) is 4.21 Å². The second-order valence-corrected chi connectivity index (χ2v) is 6.13. The topological polar surface area (TPSA) is 43.1 Å². The van der Waals surface area contributed by atoms with E-state index in [9.17, 15) is 4.21 Å². The van der Waals surface area contributed by atoms with Crippen molar-refractivity contribution in [2.75, 3.05) is 5.75 Å². The van der Waals surface area contributed by atoms with E-state index < -0.39 is 10.8 Å². The Labute approximate surface area is 109 Å². The lowest BCUT2D eigenvalue weighted by Crippen LogP contribution is -2.15. The van der Waals surface area contributed by atoms with Crippen LogP contribution < -0.4 is 5.73 Å². The lowest BCUT2D eigenvalue weighted by molar-refractivity contribution is 0.644. The van der Waals surface area contributed by atoms with Crippen LogP contribution in [-0.4, -0.2) is 16.0 Å². The Kier molecular flexibility index (Phi) is 5.76. The summed E-state index contributed by atoms with van der Waals surface area (Å²) in [5, 5.41) is 1.06. The molecule has 0 aliphatic heterocycles. The molecule has 2 unspecified atom stereocenters. The Balaban J connectivity index is 2.62. The molecule has 0 aliphatic carbocycles. The molecule has 2 N–H and O–H groups in total. The zero-order valence-electron chi connectivity index (χ0n) is 9.08. The Morgan fingerprint density at radius 3 is 2.75 bits per heavy atom. The third-order valence-electron chi connectivity index (χ3n) is 2.13. The quantitative estimate of drug-likeness (QED) is 0.899. The summed E-state index contributed by atoms with van der Waals surface area (Å²) >= 11 is 11.8. The molecule has 1 aromatic rings. The molecule has 1 aromatic carbocycles. The van der Waals surface area contributed by atoms with Crippen molar-refractivity contribution in [3.05, 3.63) is 28.2 Å². The second-order valence-electron chi connectivity index (χ2n) is 3.74. The average molecular weight is 280 g/mol. The minimum Gasteiger partial charge on any atom is -0.328 e. The lowest BCUT2D eigenvalue weighted by atomic mass is 10.2. The van der Waals surface area contributed by atoms with Crippen molar-refractivity contribution in [2.45, 2.75) is 30.7 Å². The van der Waals surface area contributed by atoms with E-state index in [2.05, 4.69) is 0 Å². The highest BCUT2D eigenvalue weighted by Gasteiger charge is 2.09. The van der Waals surface area contributed by atoms with Crippen molar-refractivity contribution in [2.24, 2.45) is 5.73 Å². The Bertz CT molecular complexity index is 382. The van der Waals surface area contributed by atoms with Crippen LogP contribution in [0.1, 0.15) is 19.8 Å². The number of rotatable bonds is 5. The maximum absolute atomic E-state index is 11.9. The molecule has 0 heterocycles. The first kappa shape index (κ1) is 14.0. The molecule has 5 heteroatoms. The summed E-state index contributed by atoms with van der Waals surface area (Å²) in [4.78, 5) is 0.610. The molecule has 0 saturated heterocycles. The van der Waals surface area contributed by atoms with E-state index >= 15 is 0 Å². The minimum absolute atomic E-state index is 0.145. The predicted octanol–water partition coefficient (Wildman–Crippen LogP) is 3.23. The van der Waals surface area contributed by atoms with Crippen molar-refractivity contribution in [1.82, 2.24) is 0 Å². The minimum atomic E-state index is -1.09. The van der Waals surface area contributed by atoms with E-state index in [1.165, 1.54) is 0 Å². The van der Waals surface area contributed by atoms with Gasteiger partial charge in [0.15, 0.2) is 0 Å². The molecule has 0 aromatic heterocycles. The largest absolute Gasteiger partial charge is 0.328 e. The first-order chi connectivity index (χ1) is 7.50. The normalized spacial score (nSPS) is 14.8. The van der Waals surface area contributed by atoms with Gasteiger partial charge in [-0.2, -0.15) is 0 Å². The van der Waals surface area contributed by atoms with Gasteiger partial charge in [0.1, 0.15) is 0 Å². The molecule has 90 valence electrons. The van der Waals surface area contributed by atoms with Crippen LogP contribution in [0.4, 0.5) is 0 Å². The van der Waals surface area contributed by atoms with Gasteiger partial charge >= 0.3 is 0 Å². The standard InChI is InChI=1S/C11H15Cl2NOS/c1-8(14)3-2-6-16(15)11-7-9(12)4-5-10(11)13/h4-5,7-8H,2-3,6,14H2,1H3. The fourth-order valence-electron chi connectivity index (χ4n) is 1.30. The first-order valence-electron chi connectivity index (χ1n) is 5.09. The molecule has 2 atom stereocenters. The van der Waals surface area contributed by atoms with Gasteiger partial charge in [-0.1, -0.05) is 23.2 Å². The number of halogens is 2. The van der Waals surface area contributed by atoms with Gasteiger partial charge in [-0.25, -0.2) is 0 Å². The highest BCUT2D eigenvalue weighted by molar-refractivity contribution is 7.85. The summed E-state index contributed by atoms with van der Waals surface area (Å²) in [5.41, 5.74) is 5.63. The maximum Gasteiger partial charge on any atom is 0.0589 e. The van der Waals surface area contributed by atoms with Crippen molar-refractivity contribution < 1.29 is 4.21 Å². The number of benzene rings is 1. The molecule has 0 spiro atoms. The summed E-state index contributed by atoms with van der Waals surface area (Å²) in [5.74, 6) is 0.571. The van der Waals surface area contributed by atoms with E-state index in [1.54, 1.807) is 18.2 Å². The molecule has 0 saturated carbocycles. The fourth-order valence-corrected chi connectivity index (χ4v) is 3.10. The molecule has 0 aliphatic rings. The van der Waals surface area contributed by atoms with Crippen LogP contribution in [0, 0.1) is 0 Å². The van der Waals surface area contributed by atoms with Crippen molar-refractivity contribution in [3.8, 4) is 0 Å². The summed E-state index contributed by atoms with van der Waals surface area (Å²) in [6, 6.07) is 5.16. The smallest absolute Gasteiger partial charge is 0.0589 e. The summed E-state index contributed by atoms with van der Waals surface area (Å²) in [7, 11) is -1.09. The van der Waals surface area contributed by atoms with Crippen LogP contribution in [0.25, 0.3) is 0 Å². The van der Waals surface area contributed by atoms with Gasteiger partial charge in [-0.15, -0.1) is 0 Å². The monoisotopic (exact) mass is 279 g/mol. The van der Waals surface area contributed by atoms with E-state index in [4.69, 9.17) is 28.9 Å². The highest BCUT2D eigenvalue weighted by atomic mass is 35.5. The zero-order valence-corrected chi connectivity index (χ0v) is 11.4. The fraction of sp³-hybridized carbons (Fsp3) is 0.455. The summed E-state index contributed by atoms with van der Waals surface area (Å²) in [6.07, 6.45) is 1.69. The number of hydrogen-bond acceptors (Lipinski definition) is 2. The molecule has 2 nitrogen and oxygen atoms in total. The highest BCUT2D eigenvalue weighted by Crippen LogP contribution is 2.24. The molecule has 1 rings (SSSR count). The van der Waals surface area contributed by atoms with Gasteiger partial charge in [0.2, 0.25) is 0 Å². The Morgan fingerprint density at radius 2 is 2.12 bits per heavy atom. The maximum atomic E-state index is 11.9. The van der Waals surface area contributed by atoms with Crippen molar-refractivity contribution >= 4 is 34.0 Å². The first-order valence-corrected chi connectivity index (χ1v) is 7.17. The lowest BCUT2D eigenvalue weighted by Gasteiger charge is -2.06. The van der Waals surface area contributed by atoms with E-state index in [0.29, 0.717) is 20.7 Å². The summed E-state index contributed by atoms with van der Waals surface area (Å²) in [6.45, 7) is 1.94. The summed E-state index contributed by atoms with van der Waals surface area (Å²) < 4.78 is 11.9. The third kappa shape index (κ3) is 4.42. The van der Waals surface area contributed by atoms with E-state index in [-0.39, 0.29) is 6.04 Å². The number of hydrogen-bond donors (Lipinski definition) is 1. The number of nitrogens with two attached hydrogens (primary N) is 1. The second kappa shape index (κ2) is 6.60. The van der Waals surface area contributed by atoms with E-state index in [1.807, 2.05) is 6.92 Å². The van der Waals surface area contributed by atoms with Gasteiger partial charge in [-0.05, 0) is 38.0 Å². The van der Waals surface area contributed by atoms with Gasteiger partial charge in [0.05, 0.1) is 20.7 Å². The van der Waals surface area contributed by atoms with E-state index in [0.717, 1.165) is 12.8 Å². The van der Waals surface area contributed by atoms with Crippen LogP contribution in [0.15, 0.2) is 23.1 Å². The van der Waals surface area contributed by atoms with Crippen LogP contribution in [0.3, 0.4) is 0 Å². The Morgan fingerprint density at radius 1 is 1.44 bits per heavy atom. The molecular weight excluding hydrogens is 265 g/mol. The molecule has 0 bridgehead atoms. The zero-order chi connectivity index (χ0) is 12.1. The van der Waals surface area contributed by atoms with Crippen LogP contribution in [0.2, 0.25) is 10.0 Å². The van der Waals surface area contributed by atoms with Crippen LogP contribution in [0.5, 0.6) is 0 Å². The molecule has 0 amide bonds. The SMILES string of the molecule is CC(N)CCCS(=O)c1cc(Cl)ccc1Cl. The van der Waals surface area contributed by atoms with Gasteiger partial charge in [0.25, 0.3) is 0 Å². The van der Waals surface area contributed by atoms with Crippen LogP contribution >= 0.6 is 23.2 Å². The van der Waals surface area contributed by atoms with Crippen molar-refractivity contribution in [1.29, 1.82) is 0 Å². The third-order valence-corrected chi connectivity index (χ3v) is 4.29.